The van der Waals surface area contributed by atoms with E-state index in [2.05, 4.69) is 34.2 Å². The first-order valence-electron chi connectivity index (χ1n) is 8.62. The van der Waals surface area contributed by atoms with Crippen LogP contribution in [0, 0.1) is 0 Å². The van der Waals surface area contributed by atoms with Crippen LogP contribution in [0.2, 0.25) is 0 Å². The zero-order valence-corrected chi connectivity index (χ0v) is 14.5. The van der Waals surface area contributed by atoms with Gasteiger partial charge in [-0.25, -0.2) is 4.79 Å². The molecule has 1 amide bonds. The standard InChI is InChI=1S/C18H27N3O3/c1-3-20-10-12-21(13-11-20)16(15-8-6-5-7-9-15)14-19-17(22)18(23)24-4-2/h5-9,16H,3-4,10-14H2,1-2H3,(H,19,22). The highest BCUT2D eigenvalue weighted by Gasteiger charge is 2.26. The number of esters is 1. The van der Waals surface area contributed by atoms with Gasteiger partial charge in [0.1, 0.15) is 0 Å². The first-order valence-corrected chi connectivity index (χ1v) is 8.62. The van der Waals surface area contributed by atoms with E-state index in [1.54, 1.807) is 6.92 Å². The van der Waals surface area contributed by atoms with E-state index >= 15 is 0 Å². The lowest BCUT2D eigenvalue weighted by molar-refractivity contribution is -0.154. The summed E-state index contributed by atoms with van der Waals surface area (Å²) in [7, 11) is 0. The average Bonchev–Trinajstić information content (AvgIpc) is 2.63. The molecule has 0 aliphatic carbocycles. The van der Waals surface area contributed by atoms with Crippen LogP contribution in [0.1, 0.15) is 25.5 Å². The Hall–Kier alpha value is -1.92. The van der Waals surface area contributed by atoms with Crippen molar-refractivity contribution in [3.63, 3.8) is 0 Å². The summed E-state index contributed by atoms with van der Waals surface area (Å²) in [6.45, 7) is 9.45. The molecule has 0 spiro atoms. The normalized spacial score (nSPS) is 17.2. The zero-order chi connectivity index (χ0) is 17.4. The minimum absolute atomic E-state index is 0.0589. The number of ether oxygens (including phenoxy) is 1. The largest absolute Gasteiger partial charge is 0.459 e. The van der Waals surface area contributed by atoms with E-state index in [9.17, 15) is 9.59 Å². The van der Waals surface area contributed by atoms with Gasteiger partial charge in [-0.2, -0.15) is 0 Å². The topological polar surface area (TPSA) is 61.9 Å². The molecule has 2 rings (SSSR count). The number of benzene rings is 1. The summed E-state index contributed by atoms with van der Waals surface area (Å²) in [6, 6.07) is 10.2. The van der Waals surface area contributed by atoms with Gasteiger partial charge in [-0.05, 0) is 19.0 Å². The van der Waals surface area contributed by atoms with Crippen molar-refractivity contribution in [2.24, 2.45) is 0 Å². The smallest absolute Gasteiger partial charge is 0.396 e. The summed E-state index contributed by atoms with van der Waals surface area (Å²) in [5.74, 6) is -1.50. The SMILES string of the molecule is CCOC(=O)C(=O)NCC(c1ccccc1)N1CCN(CC)CC1. The van der Waals surface area contributed by atoms with Crippen LogP contribution in [0.5, 0.6) is 0 Å². The van der Waals surface area contributed by atoms with E-state index in [0.717, 1.165) is 38.3 Å². The van der Waals surface area contributed by atoms with Crippen LogP contribution in [0.25, 0.3) is 0 Å². The number of nitrogens with zero attached hydrogens (tertiary/aromatic N) is 2. The number of nitrogens with one attached hydrogen (secondary N) is 1. The minimum Gasteiger partial charge on any atom is -0.459 e. The molecule has 6 heteroatoms. The lowest BCUT2D eigenvalue weighted by atomic mass is 10.0. The van der Waals surface area contributed by atoms with Gasteiger partial charge in [0.25, 0.3) is 0 Å². The Bertz CT molecular complexity index is 528. The molecule has 132 valence electrons. The van der Waals surface area contributed by atoms with Crippen molar-refractivity contribution in [2.75, 3.05) is 45.9 Å². The van der Waals surface area contributed by atoms with Crippen LogP contribution in [0.3, 0.4) is 0 Å². The van der Waals surface area contributed by atoms with Crippen molar-refractivity contribution in [3.8, 4) is 0 Å². The number of carbonyl (C=O) groups is 2. The van der Waals surface area contributed by atoms with Gasteiger partial charge in [-0.3, -0.25) is 9.69 Å². The number of hydrogen-bond donors (Lipinski definition) is 1. The molecule has 0 bridgehead atoms. The molecule has 24 heavy (non-hydrogen) atoms. The predicted molar refractivity (Wildman–Crippen MR) is 92.5 cm³/mol. The van der Waals surface area contributed by atoms with Crippen molar-refractivity contribution in [3.05, 3.63) is 35.9 Å². The maximum atomic E-state index is 11.8. The van der Waals surface area contributed by atoms with Gasteiger partial charge in [0, 0.05) is 32.7 Å². The lowest BCUT2D eigenvalue weighted by Gasteiger charge is -2.39. The molecule has 0 saturated carbocycles. The van der Waals surface area contributed by atoms with Gasteiger partial charge in [0.2, 0.25) is 0 Å². The molecule has 1 saturated heterocycles. The predicted octanol–water partition coefficient (Wildman–Crippen LogP) is 1.04. The van der Waals surface area contributed by atoms with Crippen molar-refractivity contribution in [2.45, 2.75) is 19.9 Å². The van der Waals surface area contributed by atoms with Crippen molar-refractivity contribution in [1.29, 1.82) is 0 Å². The summed E-state index contributed by atoms with van der Waals surface area (Å²) in [6.07, 6.45) is 0. The molecule has 0 aromatic heterocycles. The second-order valence-electron chi connectivity index (χ2n) is 5.83. The fourth-order valence-corrected chi connectivity index (χ4v) is 2.98. The fraction of sp³-hybridized carbons (Fsp3) is 0.556. The quantitative estimate of drug-likeness (QED) is 0.623. The number of hydrogen-bond acceptors (Lipinski definition) is 5. The Morgan fingerprint density at radius 2 is 1.79 bits per heavy atom. The van der Waals surface area contributed by atoms with Gasteiger partial charge in [-0.1, -0.05) is 37.3 Å². The molecule has 1 heterocycles. The second kappa shape index (κ2) is 9.39. The Labute approximate surface area is 143 Å². The molecule has 1 aliphatic heterocycles. The molecular weight excluding hydrogens is 306 g/mol. The molecule has 1 aromatic rings. The molecule has 1 aliphatic rings. The number of piperazine rings is 1. The van der Waals surface area contributed by atoms with E-state index in [1.807, 2.05) is 18.2 Å². The highest BCUT2D eigenvalue weighted by Crippen LogP contribution is 2.21. The number of carbonyl (C=O) groups excluding carboxylic acids is 2. The van der Waals surface area contributed by atoms with Crippen LogP contribution in [-0.2, 0) is 14.3 Å². The number of amides is 1. The third-order valence-electron chi connectivity index (χ3n) is 4.40. The van der Waals surface area contributed by atoms with Crippen LogP contribution in [-0.4, -0.2) is 67.6 Å². The monoisotopic (exact) mass is 333 g/mol. The first-order chi connectivity index (χ1) is 11.7. The highest BCUT2D eigenvalue weighted by atomic mass is 16.5. The number of rotatable bonds is 6. The summed E-state index contributed by atoms with van der Waals surface area (Å²) < 4.78 is 4.74. The molecule has 1 aromatic carbocycles. The van der Waals surface area contributed by atoms with E-state index in [-0.39, 0.29) is 12.6 Å². The molecule has 0 radical (unpaired) electrons. The van der Waals surface area contributed by atoms with Crippen LogP contribution in [0.15, 0.2) is 30.3 Å². The summed E-state index contributed by atoms with van der Waals surface area (Å²) in [5, 5.41) is 2.72. The highest BCUT2D eigenvalue weighted by molar-refractivity contribution is 6.32. The van der Waals surface area contributed by atoms with Crippen LogP contribution >= 0.6 is 0 Å². The van der Waals surface area contributed by atoms with E-state index in [0.29, 0.717) is 6.54 Å². The third kappa shape index (κ3) is 5.04. The maximum absolute atomic E-state index is 11.8. The summed E-state index contributed by atoms with van der Waals surface area (Å²) in [5.41, 5.74) is 1.15. The van der Waals surface area contributed by atoms with Gasteiger partial charge in [0.15, 0.2) is 0 Å². The molecule has 6 nitrogen and oxygen atoms in total. The van der Waals surface area contributed by atoms with Crippen LogP contribution < -0.4 is 5.32 Å². The van der Waals surface area contributed by atoms with Gasteiger partial charge < -0.3 is 15.0 Å². The summed E-state index contributed by atoms with van der Waals surface area (Å²) >= 11 is 0. The third-order valence-corrected chi connectivity index (χ3v) is 4.40. The Morgan fingerprint density at radius 3 is 2.38 bits per heavy atom. The molecule has 1 N–H and O–H groups in total. The van der Waals surface area contributed by atoms with E-state index in [1.165, 1.54) is 0 Å². The van der Waals surface area contributed by atoms with E-state index < -0.39 is 11.9 Å². The zero-order valence-electron chi connectivity index (χ0n) is 14.5. The molecule has 1 atom stereocenters. The maximum Gasteiger partial charge on any atom is 0.396 e. The summed E-state index contributed by atoms with van der Waals surface area (Å²) in [4.78, 5) is 28.1. The van der Waals surface area contributed by atoms with Gasteiger partial charge in [0.05, 0.1) is 12.6 Å². The van der Waals surface area contributed by atoms with Crippen molar-refractivity contribution < 1.29 is 14.3 Å². The van der Waals surface area contributed by atoms with Crippen molar-refractivity contribution >= 4 is 11.9 Å². The van der Waals surface area contributed by atoms with E-state index in [4.69, 9.17) is 4.74 Å². The van der Waals surface area contributed by atoms with Gasteiger partial charge >= 0.3 is 11.9 Å². The fourth-order valence-electron chi connectivity index (χ4n) is 2.98. The molecule has 1 fully saturated rings. The Kier molecular flexibility index (Phi) is 7.21. The Morgan fingerprint density at radius 1 is 1.12 bits per heavy atom. The van der Waals surface area contributed by atoms with Crippen molar-refractivity contribution in [1.82, 2.24) is 15.1 Å². The molecular formula is C18H27N3O3. The first kappa shape index (κ1) is 18.4. The van der Waals surface area contributed by atoms with Crippen LogP contribution in [0.4, 0.5) is 0 Å². The average molecular weight is 333 g/mol. The minimum atomic E-state index is -0.819. The van der Waals surface area contributed by atoms with Gasteiger partial charge in [-0.15, -0.1) is 0 Å². The second-order valence-corrected chi connectivity index (χ2v) is 5.83. The number of likely N-dealkylation sites (N-methyl/N-ethyl adjacent to an activating group) is 1. The Balaban J connectivity index is 2.02. The molecule has 1 unspecified atom stereocenters. The lowest BCUT2D eigenvalue weighted by Crippen LogP contribution is -2.50.